The number of carboxylic acids is 1. The summed E-state index contributed by atoms with van der Waals surface area (Å²) in [6, 6.07) is 7.99. The third-order valence-electron chi connectivity index (χ3n) is 4.52. The van der Waals surface area contributed by atoms with Crippen LogP contribution in [-0.2, 0) is 17.3 Å². The van der Waals surface area contributed by atoms with Gasteiger partial charge in [0.25, 0.3) is 0 Å². The van der Waals surface area contributed by atoms with E-state index in [1.54, 1.807) is 6.20 Å². The molecule has 0 amide bonds. The van der Waals surface area contributed by atoms with E-state index in [1.165, 1.54) is 0 Å². The molecular formula is C16H14N2O2. The second kappa shape index (κ2) is 3.60. The average Bonchev–Trinajstić information content (AvgIpc) is 3.23. The molecule has 20 heavy (non-hydrogen) atoms. The normalized spacial score (nSPS) is 16.6. The van der Waals surface area contributed by atoms with Gasteiger partial charge in [-0.05, 0) is 36.6 Å². The molecule has 2 aromatic heterocycles. The van der Waals surface area contributed by atoms with Crippen molar-refractivity contribution < 1.29 is 9.90 Å². The lowest BCUT2D eigenvalue weighted by Gasteiger charge is -2.10. The summed E-state index contributed by atoms with van der Waals surface area (Å²) in [5, 5.41) is 11.6. The first kappa shape index (κ1) is 11.5. The summed E-state index contributed by atoms with van der Waals surface area (Å²) in [6.45, 7) is 0. The summed E-state index contributed by atoms with van der Waals surface area (Å²) in [7, 11) is 2.02. The molecule has 1 aromatic carbocycles. The molecule has 0 spiro atoms. The largest absolute Gasteiger partial charge is 0.481 e. The van der Waals surface area contributed by atoms with Gasteiger partial charge in [0.2, 0.25) is 0 Å². The van der Waals surface area contributed by atoms with Crippen LogP contribution in [-0.4, -0.2) is 20.6 Å². The quantitative estimate of drug-likeness (QED) is 0.776. The van der Waals surface area contributed by atoms with Crippen LogP contribution in [0.5, 0.6) is 0 Å². The molecule has 0 unspecified atom stereocenters. The van der Waals surface area contributed by atoms with Crippen molar-refractivity contribution in [1.82, 2.24) is 9.55 Å². The van der Waals surface area contributed by atoms with Crippen LogP contribution in [0.25, 0.3) is 21.8 Å². The van der Waals surface area contributed by atoms with Crippen LogP contribution in [0.3, 0.4) is 0 Å². The standard InChI is InChI=1S/C16H14N2O2/c1-18-13-3-2-10(16(5-6-16)15(19)20)8-11(13)12-9-17-7-4-14(12)18/h2-4,7-9H,5-6H2,1H3,(H,19,20). The molecule has 0 bridgehead atoms. The van der Waals surface area contributed by atoms with Crippen LogP contribution in [0, 0.1) is 0 Å². The van der Waals surface area contributed by atoms with Gasteiger partial charge >= 0.3 is 5.97 Å². The fourth-order valence-corrected chi connectivity index (χ4v) is 3.11. The lowest BCUT2D eigenvalue weighted by atomic mass is 9.94. The minimum atomic E-state index is -0.713. The minimum absolute atomic E-state index is 0.654. The molecular weight excluding hydrogens is 252 g/mol. The van der Waals surface area contributed by atoms with Crippen molar-refractivity contribution in [3.8, 4) is 0 Å². The molecule has 0 saturated heterocycles. The number of hydrogen-bond donors (Lipinski definition) is 1. The predicted octanol–water partition coefficient (Wildman–Crippen LogP) is 2.84. The number of nitrogens with zero attached hydrogens (tertiary/aromatic N) is 2. The highest BCUT2D eigenvalue weighted by atomic mass is 16.4. The van der Waals surface area contributed by atoms with Gasteiger partial charge in [0.15, 0.2) is 0 Å². The van der Waals surface area contributed by atoms with Gasteiger partial charge in [0, 0.05) is 35.7 Å². The predicted molar refractivity (Wildman–Crippen MR) is 76.8 cm³/mol. The van der Waals surface area contributed by atoms with Crippen molar-refractivity contribution in [2.75, 3.05) is 0 Å². The highest BCUT2D eigenvalue weighted by Crippen LogP contribution is 2.49. The van der Waals surface area contributed by atoms with E-state index in [1.807, 2.05) is 37.5 Å². The minimum Gasteiger partial charge on any atom is -0.481 e. The van der Waals surface area contributed by atoms with Gasteiger partial charge in [-0.1, -0.05) is 6.07 Å². The molecule has 2 heterocycles. The Morgan fingerprint density at radius 3 is 2.70 bits per heavy atom. The van der Waals surface area contributed by atoms with E-state index >= 15 is 0 Å². The number of aromatic nitrogens is 2. The molecule has 1 saturated carbocycles. The number of carbonyl (C=O) groups is 1. The Morgan fingerprint density at radius 2 is 2.00 bits per heavy atom. The fourth-order valence-electron chi connectivity index (χ4n) is 3.11. The van der Waals surface area contributed by atoms with E-state index in [0.717, 1.165) is 40.2 Å². The second-order valence-electron chi connectivity index (χ2n) is 5.57. The number of carboxylic acid groups (broad SMARTS) is 1. The van der Waals surface area contributed by atoms with Crippen molar-refractivity contribution in [3.63, 3.8) is 0 Å². The monoisotopic (exact) mass is 266 g/mol. The van der Waals surface area contributed by atoms with Crippen LogP contribution >= 0.6 is 0 Å². The Labute approximate surface area is 115 Å². The zero-order valence-corrected chi connectivity index (χ0v) is 11.1. The summed E-state index contributed by atoms with van der Waals surface area (Å²) in [4.78, 5) is 15.7. The van der Waals surface area contributed by atoms with Crippen molar-refractivity contribution in [3.05, 3.63) is 42.2 Å². The third-order valence-corrected chi connectivity index (χ3v) is 4.52. The molecule has 4 heteroatoms. The van der Waals surface area contributed by atoms with E-state index in [2.05, 4.69) is 9.55 Å². The Hall–Kier alpha value is -2.36. The Morgan fingerprint density at radius 1 is 1.25 bits per heavy atom. The number of pyridine rings is 1. The Balaban J connectivity index is 2.05. The summed E-state index contributed by atoms with van der Waals surface area (Å²) in [5.41, 5.74) is 2.48. The Bertz CT molecular complexity index is 859. The molecule has 0 radical (unpaired) electrons. The SMILES string of the molecule is Cn1c2ccncc2c2cc(C3(C(=O)O)CC3)ccc21. The molecule has 4 nitrogen and oxygen atoms in total. The third kappa shape index (κ3) is 1.31. The maximum atomic E-state index is 11.5. The molecule has 1 aliphatic rings. The second-order valence-corrected chi connectivity index (χ2v) is 5.57. The van der Waals surface area contributed by atoms with E-state index in [9.17, 15) is 9.90 Å². The number of aliphatic carboxylic acids is 1. The van der Waals surface area contributed by atoms with Crippen molar-refractivity contribution >= 4 is 27.8 Å². The highest BCUT2D eigenvalue weighted by Gasteiger charge is 2.51. The van der Waals surface area contributed by atoms with Gasteiger partial charge in [0.1, 0.15) is 0 Å². The highest BCUT2D eigenvalue weighted by molar-refractivity contribution is 6.08. The zero-order chi connectivity index (χ0) is 13.9. The number of hydrogen-bond acceptors (Lipinski definition) is 2. The van der Waals surface area contributed by atoms with Crippen molar-refractivity contribution in [2.45, 2.75) is 18.3 Å². The molecule has 1 fully saturated rings. The molecule has 4 rings (SSSR count). The van der Waals surface area contributed by atoms with Gasteiger partial charge in [-0.2, -0.15) is 0 Å². The molecule has 100 valence electrons. The fraction of sp³-hybridized carbons (Fsp3) is 0.250. The van der Waals surface area contributed by atoms with Crippen LogP contribution in [0.1, 0.15) is 18.4 Å². The number of benzene rings is 1. The van der Waals surface area contributed by atoms with E-state index < -0.39 is 11.4 Å². The van der Waals surface area contributed by atoms with E-state index in [4.69, 9.17) is 0 Å². The van der Waals surface area contributed by atoms with Crippen LogP contribution in [0.2, 0.25) is 0 Å². The molecule has 1 aliphatic carbocycles. The summed E-state index contributed by atoms with van der Waals surface area (Å²) >= 11 is 0. The van der Waals surface area contributed by atoms with Crippen LogP contribution in [0.4, 0.5) is 0 Å². The zero-order valence-electron chi connectivity index (χ0n) is 11.1. The maximum absolute atomic E-state index is 11.5. The van der Waals surface area contributed by atoms with E-state index in [-0.39, 0.29) is 0 Å². The van der Waals surface area contributed by atoms with Crippen molar-refractivity contribution in [2.24, 2.45) is 7.05 Å². The molecule has 1 N–H and O–H groups in total. The molecule has 0 aliphatic heterocycles. The van der Waals surface area contributed by atoms with Crippen molar-refractivity contribution in [1.29, 1.82) is 0 Å². The first-order chi connectivity index (χ1) is 9.63. The topological polar surface area (TPSA) is 55.1 Å². The van der Waals surface area contributed by atoms with Gasteiger partial charge in [-0.15, -0.1) is 0 Å². The smallest absolute Gasteiger partial charge is 0.314 e. The lowest BCUT2D eigenvalue weighted by molar-refractivity contribution is -0.140. The molecule has 0 atom stereocenters. The summed E-state index contributed by atoms with van der Waals surface area (Å²) in [6.07, 6.45) is 5.09. The average molecular weight is 266 g/mol. The number of rotatable bonds is 2. The van der Waals surface area contributed by atoms with E-state index in [0.29, 0.717) is 0 Å². The van der Waals surface area contributed by atoms with Crippen LogP contribution < -0.4 is 0 Å². The first-order valence-electron chi connectivity index (χ1n) is 6.69. The summed E-state index contributed by atoms with van der Waals surface area (Å²) < 4.78 is 2.12. The lowest BCUT2D eigenvalue weighted by Crippen LogP contribution is -2.19. The van der Waals surface area contributed by atoms with Gasteiger partial charge in [-0.3, -0.25) is 9.78 Å². The molecule has 3 aromatic rings. The number of fused-ring (bicyclic) bond motifs is 3. The summed E-state index contributed by atoms with van der Waals surface area (Å²) in [5.74, 6) is -0.713. The van der Waals surface area contributed by atoms with Crippen LogP contribution in [0.15, 0.2) is 36.7 Å². The Kier molecular flexibility index (Phi) is 2.06. The van der Waals surface area contributed by atoms with Gasteiger partial charge < -0.3 is 9.67 Å². The first-order valence-corrected chi connectivity index (χ1v) is 6.69. The van der Waals surface area contributed by atoms with Gasteiger partial charge in [0.05, 0.1) is 10.9 Å². The maximum Gasteiger partial charge on any atom is 0.314 e. The van der Waals surface area contributed by atoms with Gasteiger partial charge in [-0.25, -0.2) is 0 Å². The number of aryl methyl sites for hydroxylation is 1.